The molecule has 3 aromatic rings. The molecule has 1 aliphatic carbocycles. The summed E-state index contributed by atoms with van der Waals surface area (Å²) in [6, 6.07) is 17.6. The summed E-state index contributed by atoms with van der Waals surface area (Å²) in [5.41, 5.74) is 3.60. The Labute approximate surface area is 208 Å². The standard InChI is InChI=1S/C29H29F3N2O2/c1-18-9-12-24(13-10-18)33-27(35)21-6-3-5-20(15-21)26-17-25(14-11-19(26)2)34-28(36)22-7-4-8-23(16-22)29(30,31)32/h4,7-14,16-17,20-21H,3,5-6,15H2,1-2H3,(H,33,35)(H,34,36). The van der Waals surface area contributed by atoms with Gasteiger partial charge in [-0.1, -0.05) is 36.2 Å². The Hall–Kier alpha value is -3.61. The molecule has 2 unspecified atom stereocenters. The Kier molecular flexibility index (Phi) is 7.48. The molecule has 0 aliphatic heterocycles. The SMILES string of the molecule is Cc1ccc(NC(=O)C2CCCC(c3cc(NC(=O)c4cccc(C(F)(F)F)c4)ccc3C)C2)cc1. The van der Waals surface area contributed by atoms with Crippen molar-refractivity contribution >= 4 is 23.2 Å². The van der Waals surface area contributed by atoms with Gasteiger partial charge in [-0.2, -0.15) is 13.2 Å². The van der Waals surface area contributed by atoms with Gasteiger partial charge in [0, 0.05) is 22.9 Å². The molecule has 0 bridgehead atoms. The second-order valence-electron chi connectivity index (χ2n) is 9.52. The molecule has 2 amide bonds. The number of alkyl halides is 3. The molecule has 0 spiro atoms. The van der Waals surface area contributed by atoms with Crippen molar-refractivity contribution in [1.29, 1.82) is 0 Å². The Morgan fingerprint density at radius 2 is 1.58 bits per heavy atom. The Morgan fingerprint density at radius 1 is 0.861 bits per heavy atom. The van der Waals surface area contributed by atoms with E-state index in [1.807, 2.05) is 50.2 Å². The lowest BCUT2D eigenvalue weighted by Gasteiger charge is -2.30. The third kappa shape index (κ3) is 6.14. The Bertz CT molecular complexity index is 1250. The van der Waals surface area contributed by atoms with Crippen LogP contribution in [0.25, 0.3) is 0 Å². The predicted molar refractivity (Wildman–Crippen MR) is 135 cm³/mol. The van der Waals surface area contributed by atoms with E-state index in [1.54, 1.807) is 6.07 Å². The zero-order valence-corrected chi connectivity index (χ0v) is 20.3. The second-order valence-corrected chi connectivity index (χ2v) is 9.52. The van der Waals surface area contributed by atoms with Crippen molar-refractivity contribution in [1.82, 2.24) is 0 Å². The van der Waals surface area contributed by atoms with Crippen LogP contribution in [0.2, 0.25) is 0 Å². The summed E-state index contributed by atoms with van der Waals surface area (Å²) in [5.74, 6) is -0.559. The third-order valence-corrected chi connectivity index (χ3v) is 6.79. The summed E-state index contributed by atoms with van der Waals surface area (Å²) in [5, 5.41) is 5.75. The van der Waals surface area contributed by atoms with Gasteiger partial charge in [0.05, 0.1) is 5.56 Å². The van der Waals surface area contributed by atoms with Gasteiger partial charge in [0.15, 0.2) is 0 Å². The number of hydrogen-bond acceptors (Lipinski definition) is 2. The highest BCUT2D eigenvalue weighted by Gasteiger charge is 2.31. The van der Waals surface area contributed by atoms with Crippen molar-refractivity contribution in [2.45, 2.75) is 51.6 Å². The first kappa shape index (κ1) is 25.5. The van der Waals surface area contributed by atoms with Gasteiger partial charge in [0.25, 0.3) is 5.91 Å². The number of benzene rings is 3. The van der Waals surface area contributed by atoms with Gasteiger partial charge < -0.3 is 10.6 Å². The molecule has 7 heteroatoms. The molecular formula is C29H29F3N2O2. The number of carbonyl (C=O) groups excluding carboxylic acids is 2. The van der Waals surface area contributed by atoms with Crippen LogP contribution in [0.1, 0.15) is 64.2 Å². The number of nitrogens with one attached hydrogen (secondary N) is 2. The van der Waals surface area contributed by atoms with Crippen LogP contribution in [0, 0.1) is 19.8 Å². The molecule has 4 nitrogen and oxygen atoms in total. The van der Waals surface area contributed by atoms with E-state index in [0.29, 0.717) is 12.1 Å². The largest absolute Gasteiger partial charge is 0.416 e. The van der Waals surface area contributed by atoms with E-state index in [1.165, 1.54) is 12.1 Å². The van der Waals surface area contributed by atoms with Crippen molar-refractivity contribution < 1.29 is 22.8 Å². The minimum absolute atomic E-state index is 0.00945. The fraction of sp³-hybridized carbons (Fsp3) is 0.310. The summed E-state index contributed by atoms with van der Waals surface area (Å²) in [6.45, 7) is 3.99. The van der Waals surface area contributed by atoms with Crippen LogP contribution in [-0.2, 0) is 11.0 Å². The predicted octanol–water partition coefficient (Wildman–Crippen LogP) is 7.49. The summed E-state index contributed by atoms with van der Waals surface area (Å²) in [6.07, 6.45) is -1.16. The van der Waals surface area contributed by atoms with E-state index in [4.69, 9.17) is 0 Å². The highest BCUT2D eigenvalue weighted by molar-refractivity contribution is 6.04. The monoisotopic (exact) mass is 494 g/mol. The molecule has 1 fully saturated rings. The maximum absolute atomic E-state index is 13.0. The summed E-state index contributed by atoms with van der Waals surface area (Å²) in [7, 11) is 0. The lowest BCUT2D eigenvalue weighted by atomic mass is 9.76. The molecule has 1 saturated carbocycles. The Balaban J connectivity index is 1.46. The number of halogens is 3. The average Bonchev–Trinajstić information content (AvgIpc) is 2.86. The maximum atomic E-state index is 13.0. The smallest absolute Gasteiger partial charge is 0.326 e. The lowest BCUT2D eigenvalue weighted by Crippen LogP contribution is -2.27. The van der Waals surface area contributed by atoms with E-state index in [9.17, 15) is 22.8 Å². The molecule has 36 heavy (non-hydrogen) atoms. The number of carbonyl (C=O) groups is 2. The van der Waals surface area contributed by atoms with Gasteiger partial charge in [0.2, 0.25) is 5.91 Å². The molecule has 2 N–H and O–H groups in total. The lowest BCUT2D eigenvalue weighted by molar-refractivity contribution is -0.137. The van der Waals surface area contributed by atoms with Crippen LogP contribution in [0.3, 0.4) is 0 Å². The molecule has 1 aliphatic rings. The molecule has 0 saturated heterocycles. The van der Waals surface area contributed by atoms with Gasteiger partial charge >= 0.3 is 6.18 Å². The molecule has 0 heterocycles. The summed E-state index contributed by atoms with van der Waals surface area (Å²) < 4.78 is 39.1. The summed E-state index contributed by atoms with van der Waals surface area (Å²) in [4.78, 5) is 25.6. The van der Waals surface area contributed by atoms with E-state index < -0.39 is 17.6 Å². The molecule has 188 valence electrons. The van der Waals surface area contributed by atoms with Crippen molar-refractivity contribution in [2.24, 2.45) is 5.92 Å². The molecule has 3 aromatic carbocycles. The van der Waals surface area contributed by atoms with Crippen molar-refractivity contribution in [2.75, 3.05) is 10.6 Å². The summed E-state index contributed by atoms with van der Waals surface area (Å²) >= 11 is 0. The third-order valence-electron chi connectivity index (χ3n) is 6.79. The van der Waals surface area contributed by atoms with Crippen molar-refractivity contribution in [3.63, 3.8) is 0 Å². The van der Waals surface area contributed by atoms with Crippen LogP contribution in [0.15, 0.2) is 66.7 Å². The van der Waals surface area contributed by atoms with E-state index in [0.717, 1.165) is 53.8 Å². The first-order chi connectivity index (χ1) is 17.1. The zero-order valence-electron chi connectivity index (χ0n) is 20.3. The number of rotatable bonds is 5. The van der Waals surface area contributed by atoms with Crippen LogP contribution < -0.4 is 10.6 Å². The number of hydrogen-bond donors (Lipinski definition) is 2. The number of amides is 2. The second kappa shape index (κ2) is 10.6. The molecule has 2 atom stereocenters. The van der Waals surface area contributed by atoms with E-state index in [-0.39, 0.29) is 23.3 Å². The molecular weight excluding hydrogens is 465 g/mol. The van der Waals surface area contributed by atoms with E-state index in [2.05, 4.69) is 10.6 Å². The first-order valence-electron chi connectivity index (χ1n) is 12.1. The topological polar surface area (TPSA) is 58.2 Å². The van der Waals surface area contributed by atoms with Crippen LogP contribution in [0.4, 0.5) is 24.5 Å². The highest BCUT2D eigenvalue weighted by atomic mass is 19.4. The van der Waals surface area contributed by atoms with E-state index >= 15 is 0 Å². The van der Waals surface area contributed by atoms with Crippen LogP contribution >= 0.6 is 0 Å². The van der Waals surface area contributed by atoms with Crippen molar-refractivity contribution in [3.05, 3.63) is 94.5 Å². The van der Waals surface area contributed by atoms with Crippen LogP contribution in [-0.4, -0.2) is 11.8 Å². The maximum Gasteiger partial charge on any atom is 0.416 e. The first-order valence-corrected chi connectivity index (χ1v) is 12.1. The average molecular weight is 495 g/mol. The quantitative estimate of drug-likeness (QED) is 0.386. The van der Waals surface area contributed by atoms with Gasteiger partial charge in [-0.25, -0.2) is 0 Å². The van der Waals surface area contributed by atoms with Gasteiger partial charge in [0.1, 0.15) is 0 Å². The molecule has 0 radical (unpaired) electrons. The highest BCUT2D eigenvalue weighted by Crippen LogP contribution is 2.39. The van der Waals surface area contributed by atoms with Gasteiger partial charge in [-0.3, -0.25) is 9.59 Å². The molecule has 0 aromatic heterocycles. The minimum Gasteiger partial charge on any atom is -0.326 e. The van der Waals surface area contributed by atoms with Crippen molar-refractivity contribution in [3.8, 4) is 0 Å². The molecule has 4 rings (SSSR count). The van der Waals surface area contributed by atoms with Gasteiger partial charge in [-0.15, -0.1) is 0 Å². The van der Waals surface area contributed by atoms with Crippen LogP contribution in [0.5, 0.6) is 0 Å². The fourth-order valence-electron chi connectivity index (χ4n) is 4.79. The Morgan fingerprint density at radius 3 is 2.31 bits per heavy atom. The number of aryl methyl sites for hydroxylation is 2. The normalized spacial score (nSPS) is 17.9. The fourth-order valence-corrected chi connectivity index (χ4v) is 4.79. The van der Waals surface area contributed by atoms with Gasteiger partial charge in [-0.05, 0) is 92.6 Å². The number of anilines is 2. The zero-order chi connectivity index (χ0) is 25.9. The minimum atomic E-state index is -4.52.